The molecule has 1 aliphatic rings. The van der Waals surface area contributed by atoms with Crippen LogP contribution >= 0.6 is 24.0 Å². The van der Waals surface area contributed by atoms with Gasteiger partial charge >= 0.3 is 0 Å². The predicted octanol–water partition coefficient (Wildman–Crippen LogP) is 0.00750. The fraction of sp³-hybridized carbons (Fsp3) is 0.400. The van der Waals surface area contributed by atoms with Gasteiger partial charge in [-0.15, -0.1) is 12.4 Å². The molecular formula is C15H20Cl2N4O3. The lowest BCUT2D eigenvalue weighted by Gasteiger charge is -2.34. The normalized spacial score (nSPS) is 14.2. The van der Waals surface area contributed by atoms with Gasteiger partial charge in [-0.25, -0.2) is 0 Å². The molecule has 9 heteroatoms. The summed E-state index contributed by atoms with van der Waals surface area (Å²) in [5.41, 5.74) is 6.14. The van der Waals surface area contributed by atoms with Crippen molar-refractivity contribution in [1.82, 2.24) is 15.1 Å². The van der Waals surface area contributed by atoms with Gasteiger partial charge in [0, 0.05) is 24.7 Å². The SMILES string of the molecule is Cl.NCC(=O)NCC(=O)N1CCN(Cc2ccc(Cl)cc2)C(=O)C1. The molecule has 0 aliphatic carbocycles. The van der Waals surface area contributed by atoms with Crippen LogP contribution in [0.2, 0.25) is 5.02 Å². The quantitative estimate of drug-likeness (QED) is 0.758. The molecule has 132 valence electrons. The predicted molar refractivity (Wildman–Crippen MR) is 92.8 cm³/mol. The Labute approximate surface area is 151 Å². The largest absolute Gasteiger partial charge is 0.346 e. The summed E-state index contributed by atoms with van der Waals surface area (Å²) in [6.07, 6.45) is 0. The Morgan fingerprint density at radius 1 is 1.21 bits per heavy atom. The van der Waals surface area contributed by atoms with Gasteiger partial charge in [0.15, 0.2) is 0 Å². The second-order valence-corrected chi connectivity index (χ2v) is 5.67. The van der Waals surface area contributed by atoms with Gasteiger partial charge in [0.2, 0.25) is 17.7 Å². The number of nitrogens with two attached hydrogens (primary N) is 1. The van der Waals surface area contributed by atoms with Crippen LogP contribution in [0.4, 0.5) is 0 Å². The van der Waals surface area contributed by atoms with E-state index < -0.39 is 5.91 Å². The minimum atomic E-state index is -0.397. The highest BCUT2D eigenvalue weighted by molar-refractivity contribution is 6.30. The summed E-state index contributed by atoms with van der Waals surface area (Å²) < 4.78 is 0. The molecule has 0 spiro atoms. The second kappa shape index (κ2) is 9.46. The third kappa shape index (κ3) is 5.67. The molecule has 1 saturated heterocycles. The topological polar surface area (TPSA) is 95.7 Å². The molecule has 1 aromatic carbocycles. The fourth-order valence-electron chi connectivity index (χ4n) is 2.26. The molecule has 24 heavy (non-hydrogen) atoms. The third-order valence-corrected chi connectivity index (χ3v) is 3.83. The molecule has 1 fully saturated rings. The van der Waals surface area contributed by atoms with Crippen molar-refractivity contribution in [3.05, 3.63) is 34.9 Å². The molecule has 2 rings (SSSR count). The van der Waals surface area contributed by atoms with E-state index in [0.717, 1.165) is 5.56 Å². The van der Waals surface area contributed by atoms with E-state index in [9.17, 15) is 14.4 Å². The molecule has 1 aliphatic heterocycles. The molecule has 3 amide bonds. The van der Waals surface area contributed by atoms with Gasteiger partial charge < -0.3 is 20.9 Å². The van der Waals surface area contributed by atoms with Gasteiger partial charge in [0.25, 0.3) is 0 Å². The Hall–Kier alpha value is -1.83. The zero-order valence-electron chi connectivity index (χ0n) is 13.0. The van der Waals surface area contributed by atoms with Crippen molar-refractivity contribution >= 4 is 41.7 Å². The van der Waals surface area contributed by atoms with Gasteiger partial charge in [-0.05, 0) is 17.7 Å². The molecule has 1 heterocycles. The lowest BCUT2D eigenvalue weighted by atomic mass is 10.2. The second-order valence-electron chi connectivity index (χ2n) is 5.24. The van der Waals surface area contributed by atoms with Crippen molar-refractivity contribution in [2.75, 3.05) is 32.7 Å². The van der Waals surface area contributed by atoms with Gasteiger partial charge in [0.1, 0.15) is 0 Å². The van der Waals surface area contributed by atoms with E-state index in [0.29, 0.717) is 24.7 Å². The third-order valence-electron chi connectivity index (χ3n) is 3.58. The Balaban J connectivity index is 0.00000288. The monoisotopic (exact) mass is 374 g/mol. The maximum Gasteiger partial charge on any atom is 0.242 e. The van der Waals surface area contributed by atoms with Crippen molar-refractivity contribution in [2.45, 2.75) is 6.54 Å². The number of benzene rings is 1. The molecular weight excluding hydrogens is 355 g/mol. The first-order chi connectivity index (χ1) is 11.0. The number of amides is 3. The average Bonchev–Trinajstić information content (AvgIpc) is 2.56. The first-order valence-corrected chi connectivity index (χ1v) is 7.64. The highest BCUT2D eigenvalue weighted by Crippen LogP contribution is 2.13. The first kappa shape index (κ1) is 20.2. The smallest absolute Gasteiger partial charge is 0.242 e. The highest BCUT2D eigenvalue weighted by atomic mass is 35.5. The minimum Gasteiger partial charge on any atom is -0.346 e. The maximum atomic E-state index is 12.2. The molecule has 1 aromatic rings. The van der Waals surface area contributed by atoms with Crippen LogP contribution < -0.4 is 11.1 Å². The molecule has 0 saturated carbocycles. The van der Waals surface area contributed by atoms with Crippen LogP contribution in [0.15, 0.2) is 24.3 Å². The van der Waals surface area contributed by atoms with Crippen LogP contribution in [0.3, 0.4) is 0 Å². The summed E-state index contributed by atoms with van der Waals surface area (Å²) in [5.74, 6) is -0.804. The Morgan fingerprint density at radius 3 is 2.46 bits per heavy atom. The molecule has 0 bridgehead atoms. The zero-order chi connectivity index (χ0) is 16.8. The Kier molecular flexibility index (Phi) is 7.97. The van der Waals surface area contributed by atoms with E-state index >= 15 is 0 Å². The molecule has 3 N–H and O–H groups in total. The minimum absolute atomic E-state index is 0. The standard InChI is InChI=1S/C15H19ClN4O3.ClH/c16-12-3-1-11(2-4-12)9-19-5-6-20(10-15(19)23)14(22)8-18-13(21)7-17;/h1-4H,5-10,17H2,(H,18,21);1H. The summed E-state index contributed by atoms with van der Waals surface area (Å²) in [5, 5.41) is 3.06. The lowest BCUT2D eigenvalue weighted by molar-refractivity contribution is -0.145. The number of nitrogens with one attached hydrogen (secondary N) is 1. The average molecular weight is 375 g/mol. The van der Waals surface area contributed by atoms with Crippen molar-refractivity contribution in [3.63, 3.8) is 0 Å². The van der Waals surface area contributed by atoms with Crippen LogP contribution in [0.5, 0.6) is 0 Å². The van der Waals surface area contributed by atoms with Crippen molar-refractivity contribution in [2.24, 2.45) is 5.73 Å². The van der Waals surface area contributed by atoms with Gasteiger partial charge in [-0.2, -0.15) is 0 Å². The summed E-state index contributed by atoms with van der Waals surface area (Å²) >= 11 is 5.84. The summed E-state index contributed by atoms with van der Waals surface area (Å²) in [6, 6.07) is 7.30. The molecule has 7 nitrogen and oxygen atoms in total. The number of carbonyl (C=O) groups excluding carboxylic acids is 3. The lowest BCUT2D eigenvalue weighted by Crippen LogP contribution is -2.53. The van der Waals surface area contributed by atoms with Crippen LogP contribution in [0, 0.1) is 0 Å². The van der Waals surface area contributed by atoms with E-state index in [1.165, 1.54) is 4.90 Å². The number of halogens is 2. The molecule has 0 aromatic heterocycles. The summed E-state index contributed by atoms with van der Waals surface area (Å²) in [4.78, 5) is 38.3. The Morgan fingerprint density at radius 2 is 1.88 bits per heavy atom. The highest BCUT2D eigenvalue weighted by Gasteiger charge is 2.27. The van der Waals surface area contributed by atoms with Crippen LogP contribution in [-0.2, 0) is 20.9 Å². The van der Waals surface area contributed by atoms with E-state index in [1.54, 1.807) is 17.0 Å². The summed E-state index contributed by atoms with van der Waals surface area (Å²) in [6.45, 7) is 1.10. The number of hydrogen-bond donors (Lipinski definition) is 2. The number of carbonyl (C=O) groups is 3. The van der Waals surface area contributed by atoms with E-state index in [1.807, 2.05) is 12.1 Å². The molecule has 0 atom stereocenters. The zero-order valence-corrected chi connectivity index (χ0v) is 14.6. The van der Waals surface area contributed by atoms with E-state index in [4.69, 9.17) is 17.3 Å². The number of rotatable bonds is 5. The molecule has 0 radical (unpaired) electrons. The summed E-state index contributed by atoms with van der Waals surface area (Å²) in [7, 11) is 0. The molecule has 0 unspecified atom stereocenters. The van der Waals surface area contributed by atoms with Gasteiger partial charge in [0.05, 0.1) is 19.6 Å². The van der Waals surface area contributed by atoms with Gasteiger partial charge in [-0.3, -0.25) is 14.4 Å². The number of piperazine rings is 1. The number of hydrogen-bond acceptors (Lipinski definition) is 4. The van der Waals surface area contributed by atoms with Crippen LogP contribution in [0.1, 0.15) is 5.56 Å². The first-order valence-electron chi connectivity index (χ1n) is 7.26. The van der Waals surface area contributed by atoms with Crippen LogP contribution in [-0.4, -0.2) is 60.2 Å². The van der Waals surface area contributed by atoms with E-state index in [2.05, 4.69) is 5.32 Å². The van der Waals surface area contributed by atoms with Crippen molar-refractivity contribution in [3.8, 4) is 0 Å². The van der Waals surface area contributed by atoms with Crippen molar-refractivity contribution in [1.29, 1.82) is 0 Å². The number of nitrogens with zero attached hydrogens (tertiary/aromatic N) is 2. The van der Waals surface area contributed by atoms with E-state index in [-0.39, 0.29) is 43.9 Å². The maximum absolute atomic E-state index is 12.2. The van der Waals surface area contributed by atoms with Crippen molar-refractivity contribution < 1.29 is 14.4 Å². The van der Waals surface area contributed by atoms with Crippen LogP contribution in [0.25, 0.3) is 0 Å². The Bertz CT molecular complexity index is 595. The fourth-order valence-corrected chi connectivity index (χ4v) is 2.38. The van der Waals surface area contributed by atoms with Gasteiger partial charge in [-0.1, -0.05) is 23.7 Å².